The van der Waals surface area contributed by atoms with Gasteiger partial charge >= 0.3 is 5.97 Å². The fourth-order valence-corrected chi connectivity index (χ4v) is 5.54. The van der Waals surface area contributed by atoms with Crippen LogP contribution in [0.15, 0.2) is 105 Å². The molecule has 0 saturated heterocycles. The van der Waals surface area contributed by atoms with Gasteiger partial charge in [0, 0.05) is 18.2 Å². The van der Waals surface area contributed by atoms with Gasteiger partial charge in [0.1, 0.15) is 5.71 Å². The number of hydrogen-bond acceptors (Lipinski definition) is 11. The van der Waals surface area contributed by atoms with Crippen molar-refractivity contribution in [3.8, 4) is 5.75 Å². The Hall–Kier alpha value is -4.13. The fraction of sp³-hybridized carbons (Fsp3) is 0.154. The number of unbranched alkanes of at least 4 members (excludes halogenated alkanes) is 1. The molecule has 0 atom stereocenters. The van der Waals surface area contributed by atoms with Crippen molar-refractivity contribution in [3.05, 3.63) is 95.9 Å². The van der Waals surface area contributed by atoms with E-state index in [4.69, 9.17) is 18.7 Å². The van der Waals surface area contributed by atoms with Crippen LogP contribution in [0.25, 0.3) is 0 Å². The lowest BCUT2D eigenvalue weighted by Crippen LogP contribution is -2.22. The highest BCUT2D eigenvalue weighted by molar-refractivity contribution is 7.86. The summed E-state index contributed by atoms with van der Waals surface area (Å²) in [5.41, 5.74) is 1.12. The maximum atomic E-state index is 12.1. The van der Waals surface area contributed by atoms with E-state index in [1.807, 2.05) is 0 Å². The molecule has 4 rings (SSSR count). The molecule has 3 N–H and O–H groups in total. The Labute approximate surface area is 247 Å². The first-order valence-corrected chi connectivity index (χ1v) is 16.8. The number of nitrogens with zero attached hydrogens (tertiary/aromatic N) is 2. The van der Waals surface area contributed by atoms with Crippen molar-refractivity contribution >= 4 is 47.7 Å². The Balaban J connectivity index is 1.49. The first-order valence-electron chi connectivity index (χ1n) is 12.3. The molecule has 2 aromatic rings. The Morgan fingerprint density at radius 1 is 0.791 bits per heavy atom. The minimum absolute atomic E-state index is 0.0999. The van der Waals surface area contributed by atoms with Gasteiger partial charge in [0.25, 0.3) is 30.4 Å². The van der Waals surface area contributed by atoms with Gasteiger partial charge in [-0.3, -0.25) is 13.7 Å². The molecule has 2 heterocycles. The predicted molar refractivity (Wildman–Crippen MR) is 153 cm³/mol. The van der Waals surface area contributed by atoms with Crippen LogP contribution in [0, 0.1) is 0 Å². The van der Waals surface area contributed by atoms with Crippen LogP contribution < -0.4 is 9.64 Å². The van der Waals surface area contributed by atoms with Gasteiger partial charge in [-0.2, -0.15) is 25.3 Å². The molecule has 2 aliphatic rings. The van der Waals surface area contributed by atoms with Gasteiger partial charge in [0.05, 0.1) is 26.8 Å². The summed E-state index contributed by atoms with van der Waals surface area (Å²) >= 11 is 0. The Morgan fingerprint density at radius 2 is 1.42 bits per heavy atom. The lowest BCUT2D eigenvalue weighted by molar-refractivity contribution is -0.136. The minimum Gasteiger partial charge on any atom is -0.439 e. The van der Waals surface area contributed by atoms with Crippen LogP contribution in [-0.2, 0) is 40.0 Å². The van der Waals surface area contributed by atoms with Crippen molar-refractivity contribution in [2.24, 2.45) is 5.16 Å². The molecule has 43 heavy (non-hydrogen) atoms. The van der Waals surface area contributed by atoms with E-state index in [9.17, 15) is 34.6 Å². The Kier molecular flexibility index (Phi) is 9.33. The number of anilines is 1. The Bertz CT molecular complexity index is 1910. The average molecular weight is 653 g/mol. The van der Waals surface area contributed by atoms with Crippen molar-refractivity contribution in [2.75, 3.05) is 17.2 Å². The van der Waals surface area contributed by atoms with E-state index in [0.29, 0.717) is 17.7 Å². The fourth-order valence-electron chi connectivity index (χ4n) is 4.00. The van der Waals surface area contributed by atoms with Crippen LogP contribution in [0.1, 0.15) is 18.4 Å². The lowest BCUT2D eigenvalue weighted by atomic mass is 10.0. The molecule has 0 saturated carbocycles. The van der Waals surface area contributed by atoms with Gasteiger partial charge in [-0.05, 0) is 49.3 Å². The summed E-state index contributed by atoms with van der Waals surface area (Å²) in [6, 6.07) is 8.83. The van der Waals surface area contributed by atoms with Crippen LogP contribution in [0.4, 0.5) is 5.69 Å². The zero-order chi connectivity index (χ0) is 31.4. The third-order valence-corrected chi connectivity index (χ3v) is 8.51. The number of allylic oxidation sites excluding steroid dienone is 6. The van der Waals surface area contributed by atoms with Crippen molar-refractivity contribution in [1.29, 1.82) is 0 Å². The first kappa shape index (κ1) is 31.8. The number of fused-ring (bicyclic) bond motifs is 1. The molecule has 2 aromatic carbocycles. The van der Waals surface area contributed by atoms with E-state index in [-0.39, 0.29) is 45.7 Å². The summed E-state index contributed by atoms with van der Waals surface area (Å²) in [4.78, 5) is 17.9. The third-order valence-electron chi connectivity index (χ3n) is 5.99. The molecule has 0 aromatic heterocycles. The first-order chi connectivity index (χ1) is 20.1. The maximum Gasteiger partial charge on any atom is 0.368 e. The highest BCUT2D eigenvalue weighted by Crippen LogP contribution is 2.40. The molecule has 0 bridgehead atoms. The molecule has 0 aliphatic carbocycles. The van der Waals surface area contributed by atoms with E-state index in [0.717, 1.165) is 18.2 Å². The van der Waals surface area contributed by atoms with Crippen LogP contribution in [0.5, 0.6) is 5.75 Å². The Morgan fingerprint density at radius 3 is 2.05 bits per heavy atom. The molecule has 0 amide bonds. The smallest absolute Gasteiger partial charge is 0.368 e. The molecule has 0 spiro atoms. The number of carbonyl (C=O) groups excluding carboxylic acids is 1. The van der Waals surface area contributed by atoms with E-state index in [1.165, 1.54) is 36.4 Å². The van der Waals surface area contributed by atoms with Gasteiger partial charge in [-0.25, -0.2) is 4.79 Å². The van der Waals surface area contributed by atoms with Crippen LogP contribution in [-0.4, -0.2) is 62.9 Å². The van der Waals surface area contributed by atoms with Crippen molar-refractivity contribution in [3.63, 3.8) is 0 Å². The lowest BCUT2D eigenvalue weighted by Gasteiger charge is -2.17. The van der Waals surface area contributed by atoms with Crippen LogP contribution in [0.3, 0.4) is 0 Å². The summed E-state index contributed by atoms with van der Waals surface area (Å²) in [7, 11) is -13.0. The SMILES string of the molecule is O=C1ON=C(c2ccc(S(=O)(=O)O)cc2)/C1=C/C=C/C=C/C=C1\Oc2cc(S(=O)(=O)O)ccc2N1CCCCS(=O)(=O)O. The van der Waals surface area contributed by atoms with Crippen LogP contribution >= 0.6 is 0 Å². The monoisotopic (exact) mass is 652 g/mol. The zero-order valence-electron chi connectivity index (χ0n) is 22.0. The van der Waals surface area contributed by atoms with Gasteiger partial charge in [-0.1, -0.05) is 41.6 Å². The highest BCUT2D eigenvalue weighted by atomic mass is 32.2. The molecule has 17 heteroatoms. The number of benzene rings is 2. The van der Waals surface area contributed by atoms with Crippen molar-refractivity contribution < 1.29 is 53.3 Å². The van der Waals surface area contributed by atoms with Crippen LogP contribution in [0.2, 0.25) is 0 Å². The van der Waals surface area contributed by atoms with Crippen molar-refractivity contribution in [1.82, 2.24) is 0 Å². The number of hydrogen-bond donors (Lipinski definition) is 3. The zero-order valence-corrected chi connectivity index (χ0v) is 24.4. The number of rotatable bonds is 11. The highest BCUT2D eigenvalue weighted by Gasteiger charge is 2.28. The molecule has 14 nitrogen and oxygen atoms in total. The second-order valence-electron chi connectivity index (χ2n) is 9.02. The summed E-state index contributed by atoms with van der Waals surface area (Å²) in [5.74, 6) is -0.721. The maximum absolute atomic E-state index is 12.1. The minimum atomic E-state index is -4.48. The molecular weight excluding hydrogens is 628 g/mol. The van der Waals surface area contributed by atoms with Gasteiger partial charge in [0.15, 0.2) is 5.75 Å². The topological polar surface area (TPSA) is 214 Å². The molecule has 0 fully saturated rings. The molecule has 0 radical (unpaired) electrons. The van der Waals surface area contributed by atoms with E-state index < -0.39 is 42.1 Å². The molecule has 0 unspecified atom stereocenters. The normalized spacial score (nSPS) is 17.6. The summed E-state index contributed by atoms with van der Waals surface area (Å²) in [6.45, 7) is 0.269. The number of oxime groups is 1. The molecule has 228 valence electrons. The summed E-state index contributed by atoms with van der Waals surface area (Å²) < 4.78 is 101. The summed E-state index contributed by atoms with van der Waals surface area (Å²) in [6.07, 6.45) is 9.76. The standard InChI is InChI=1S/C26H24N2O12S3/c29-26-21(25(27-40-26)18-9-11-19(12-10-18)42(33,34)35)7-3-1-2-4-8-24-28(15-5-6-16-41(30,31)32)22-14-13-20(43(36,37)38)17-23(22)39-24/h1-4,7-14,17H,5-6,15-16H2,(H,30,31,32)(H,33,34,35)(H,36,37,38)/b3-1+,4-2+,21-7-,24-8-. The van der Waals surface area contributed by atoms with Crippen molar-refractivity contribution in [2.45, 2.75) is 22.6 Å². The van der Waals surface area contributed by atoms with E-state index >= 15 is 0 Å². The third kappa shape index (κ3) is 8.25. The van der Waals surface area contributed by atoms with Gasteiger partial charge in [-0.15, -0.1) is 0 Å². The number of ether oxygens (including phenoxy) is 1. The van der Waals surface area contributed by atoms with Gasteiger partial charge < -0.3 is 14.5 Å². The molecule has 2 aliphatic heterocycles. The average Bonchev–Trinajstić information content (AvgIpc) is 3.46. The second-order valence-corrected chi connectivity index (χ2v) is 13.4. The molecular formula is C26H24N2O12S3. The number of carbonyl (C=O) groups is 1. The quantitative estimate of drug-likeness (QED) is 0.105. The van der Waals surface area contributed by atoms with E-state index in [2.05, 4.69) is 5.16 Å². The van der Waals surface area contributed by atoms with Gasteiger partial charge in [0.2, 0.25) is 5.88 Å². The van der Waals surface area contributed by atoms with E-state index in [1.54, 1.807) is 29.2 Å². The summed E-state index contributed by atoms with van der Waals surface area (Å²) in [5, 5.41) is 3.72. The largest absolute Gasteiger partial charge is 0.439 e. The second kappa shape index (κ2) is 12.6. The predicted octanol–water partition coefficient (Wildman–Crippen LogP) is 2.89.